The van der Waals surface area contributed by atoms with Crippen molar-refractivity contribution in [2.24, 2.45) is 0 Å². The van der Waals surface area contributed by atoms with E-state index in [9.17, 15) is 9.59 Å². The number of hydrogen-bond acceptors (Lipinski definition) is 5. The number of carbonyl (C=O) groups is 1. The predicted molar refractivity (Wildman–Crippen MR) is 133 cm³/mol. The number of aryl methyl sites for hydroxylation is 1. The first kappa shape index (κ1) is 23.8. The highest BCUT2D eigenvalue weighted by Gasteiger charge is 2.28. The van der Waals surface area contributed by atoms with E-state index in [-0.39, 0.29) is 17.8 Å². The summed E-state index contributed by atoms with van der Waals surface area (Å²) < 4.78 is 13.1. The fraction of sp³-hybridized carbons (Fsp3) is 0.444. The Labute approximate surface area is 200 Å². The number of fused-ring (bicyclic) bond motifs is 1. The Kier molecular flexibility index (Phi) is 7.83. The molecular weight excluding hydrogens is 430 g/mol. The molecule has 0 bridgehead atoms. The third-order valence-corrected chi connectivity index (χ3v) is 6.12. The van der Waals surface area contributed by atoms with Gasteiger partial charge in [-0.25, -0.2) is 9.78 Å². The minimum Gasteiger partial charge on any atom is -0.489 e. The van der Waals surface area contributed by atoms with Crippen LogP contribution in [0.5, 0.6) is 5.75 Å². The number of unbranched alkanes of at least 4 members (excludes halogenated alkanes) is 2. The number of ether oxygens (including phenoxy) is 2. The second-order valence-electron chi connectivity index (χ2n) is 8.73. The van der Waals surface area contributed by atoms with Crippen molar-refractivity contribution in [3.63, 3.8) is 0 Å². The molecule has 0 radical (unpaired) electrons. The predicted octanol–water partition coefficient (Wildman–Crippen LogP) is 5.12. The summed E-state index contributed by atoms with van der Waals surface area (Å²) >= 11 is 0. The summed E-state index contributed by atoms with van der Waals surface area (Å²) in [6, 6.07) is 15.0. The zero-order valence-electron chi connectivity index (χ0n) is 20.0. The van der Waals surface area contributed by atoms with Crippen LogP contribution in [0.15, 0.2) is 53.3 Å². The lowest BCUT2D eigenvalue weighted by molar-refractivity contribution is 0.104. The molecule has 1 atom stereocenters. The monoisotopic (exact) mass is 463 g/mol. The van der Waals surface area contributed by atoms with Crippen molar-refractivity contribution in [1.82, 2.24) is 14.5 Å². The molecule has 1 unspecified atom stereocenters. The molecule has 1 aromatic heterocycles. The maximum Gasteiger partial charge on any atom is 0.409 e. The molecule has 1 aliphatic heterocycles. The van der Waals surface area contributed by atoms with Gasteiger partial charge in [0.05, 0.1) is 29.7 Å². The standard InChI is InChI=1S/C27H33N3O4/c1-3-5-11-25-28-24-10-8-7-9-23(24)26(31)30(25)20-12-14-21(15-13-20)34-22-16-17-29(19-22)27(32)33-18-6-4-2/h7-10,12-15,22H,3-6,11,16-19H2,1-2H3. The average Bonchev–Trinajstić information content (AvgIpc) is 3.32. The van der Waals surface area contributed by atoms with Gasteiger partial charge < -0.3 is 14.4 Å². The number of benzene rings is 2. The van der Waals surface area contributed by atoms with Gasteiger partial charge in [0.1, 0.15) is 17.7 Å². The second kappa shape index (κ2) is 11.2. The van der Waals surface area contributed by atoms with Crippen molar-refractivity contribution in [1.29, 1.82) is 0 Å². The number of hydrogen-bond donors (Lipinski definition) is 0. The van der Waals surface area contributed by atoms with Gasteiger partial charge in [-0.05, 0) is 49.2 Å². The summed E-state index contributed by atoms with van der Waals surface area (Å²) in [5.74, 6) is 1.49. The van der Waals surface area contributed by atoms with Crippen molar-refractivity contribution in [3.05, 3.63) is 64.7 Å². The topological polar surface area (TPSA) is 73.7 Å². The summed E-state index contributed by atoms with van der Waals surface area (Å²) in [5.41, 5.74) is 1.45. The third-order valence-electron chi connectivity index (χ3n) is 6.12. The molecule has 0 N–H and O–H groups in total. The van der Waals surface area contributed by atoms with Gasteiger partial charge >= 0.3 is 6.09 Å². The Balaban J connectivity index is 1.48. The highest BCUT2D eigenvalue weighted by molar-refractivity contribution is 5.77. The lowest BCUT2D eigenvalue weighted by Crippen LogP contribution is -2.31. The maximum atomic E-state index is 13.3. The van der Waals surface area contributed by atoms with Gasteiger partial charge in [-0.3, -0.25) is 9.36 Å². The van der Waals surface area contributed by atoms with Crippen molar-refractivity contribution in [3.8, 4) is 11.4 Å². The molecule has 7 nitrogen and oxygen atoms in total. The summed E-state index contributed by atoms with van der Waals surface area (Å²) in [6.07, 6.45) is 5.03. The van der Waals surface area contributed by atoms with E-state index in [2.05, 4.69) is 13.8 Å². The fourth-order valence-electron chi connectivity index (χ4n) is 4.20. The Bertz CT molecular complexity index is 1170. The van der Waals surface area contributed by atoms with E-state index in [4.69, 9.17) is 14.5 Å². The van der Waals surface area contributed by atoms with E-state index in [1.807, 2.05) is 48.5 Å². The molecule has 0 saturated carbocycles. The van der Waals surface area contributed by atoms with Crippen LogP contribution in [0.1, 0.15) is 51.8 Å². The van der Waals surface area contributed by atoms with Gasteiger partial charge in [0.2, 0.25) is 0 Å². The molecular formula is C27H33N3O4. The van der Waals surface area contributed by atoms with E-state index in [1.54, 1.807) is 9.47 Å². The molecule has 2 heterocycles. The van der Waals surface area contributed by atoms with E-state index in [0.29, 0.717) is 30.8 Å². The minimum atomic E-state index is -0.266. The van der Waals surface area contributed by atoms with Gasteiger partial charge in [0, 0.05) is 19.4 Å². The van der Waals surface area contributed by atoms with Gasteiger partial charge in [-0.2, -0.15) is 0 Å². The van der Waals surface area contributed by atoms with Crippen molar-refractivity contribution in [2.45, 2.75) is 58.5 Å². The Morgan fingerprint density at radius 1 is 1.06 bits per heavy atom. The van der Waals surface area contributed by atoms with Crippen molar-refractivity contribution >= 4 is 17.0 Å². The number of nitrogens with zero attached hydrogens (tertiary/aromatic N) is 3. The lowest BCUT2D eigenvalue weighted by Gasteiger charge is -2.18. The molecule has 1 aliphatic rings. The van der Waals surface area contributed by atoms with Crippen molar-refractivity contribution < 1.29 is 14.3 Å². The molecule has 1 amide bonds. The van der Waals surface area contributed by atoms with Crippen LogP contribution < -0.4 is 10.3 Å². The number of amides is 1. The molecule has 0 aliphatic carbocycles. The van der Waals surface area contributed by atoms with E-state index in [1.165, 1.54) is 0 Å². The number of carbonyl (C=O) groups excluding carboxylic acids is 1. The first-order valence-electron chi connectivity index (χ1n) is 12.3. The van der Waals surface area contributed by atoms with Crippen LogP contribution in [-0.4, -0.2) is 46.3 Å². The van der Waals surface area contributed by atoms with Gasteiger partial charge in [0.25, 0.3) is 5.56 Å². The quantitative estimate of drug-likeness (QED) is 0.412. The highest BCUT2D eigenvalue weighted by atomic mass is 16.6. The largest absolute Gasteiger partial charge is 0.489 e. The van der Waals surface area contributed by atoms with E-state index in [0.717, 1.165) is 55.6 Å². The van der Waals surface area contributed by atoms with Gasteiger partial charge in [-0.1, -0.05) is 38.8 Å². The second-order valence-corrected chi connectivity index (χ2v) is 8.73. The van der Waals surface area contributed by atoms with Gasteiger partial charge in [0.15, 0.2) is 0 Å². The normalized spacial score (nSPS) is 15.6. The van der Waals surface area contributed by atoms with Crippen LogP contribution in [0, 0.1) is 0 Å². The minimum absolute atomic E-state index is 0.0570. The Morgan fingerprint density at radius 3 is 2.59 bits per heavy atom. The molecule has 0 spiro atoms. The Morgan fingerprint density at radius 2 is 1.82 bits per heavy atom. The van der Waals surface area contributed by atoms with Crippen LogP contribution >= 0.6 is 0 Å². The third kappa shape index (κ3) is 5.41. The number of para-hydroxylation sites is 1. The molecule has 2 aromatic carbocycles. The lowest BCUT2D eigenvalue weighted by atomic mass is 10.2. The summed E-state index contributed by atoms with van der Waals surface area (Å²) in [5, 5.41) is 0.611. The van der Waals surface area contributed by atoms with Crippen LogP contribution in [0.2, 0.25) is 0 Å². The summed E-state index contributed by atoms with van der Waals surface area (Å²) in [7, 11) is 0. The summed E-state index contributed by atoms with van der Waals surface area (Å²) in [4.78, 5) is 32.0. The smallest absolute Gasteiger partial charge is 0.409 e. The zero-order chi connectivity index (χ0) is 23.9. The highest BCUT2D eigenvalue weighted by Crippen LogP contribution is 2.22. The van der Waals surface area contributed by atoms with Crippen LogP contribution in [-0.2, 0) is 11.2 Å². The number of rotatable bonds is 9. The first-order chi connectivity index (χ1) is 16.6. The molecule has 4 rings (SSSR count). The molecule has 1 saturated heterocycles. The molecule has 7 heteroatoms. The van der Waals surface area contributed by atoms with Crippen LogP contribution in [0.3, 0.4) is 0 Å². The first-order valence-corrected chi connectivity index (χ1v) is 12.3. The maximum absolute atomic E-state index is 13.3. The number of likely N-dealkylation sites (tertiary alicyclic amines) is 1. The molecule has 1 fully saturated rings. The summed E-state index contributed by atoms with van der Waals surface area (Å²) in [6.45, 7) is 5.80. The molecule has 3 aromatic rings. The van der Waals surface area contributed by atoms with E-state index < -0.39 is 0 Å². The van der Waals surface area contributed by atoms with Crippen LogP contribution in [0.25, 0.3) is 16.6 Å². The fourth-order valence-corrected chi connectivity index (χ4v) is 4.20. The van der Waals surface area contributed by atoms with Gasteiger partial charge in [-0.15, -0.1) is 0 Å². The molecule has 180 valence electrons. The Hall–Kier alpha value is -3.35. The molecule has 34 heavy (non-hydrogen) atoms. The van der Waals surface area contributed by atoms with Crippen LogP contribution in [0.4, 0.5) is 4.79 Å². The SMILES string of the molecule is CCCCOC(=O)N1CCC(Oc2ccc(-n3c(CCCC)nc4ccccc4c3=O)cc2)C1. The van der Waals surface area contributed by atoms with E-state index >= 15 is 0 Å². The van der Waals surface area contributed by atoms with Crippen molar-refractivity contribution in [2.75, 3.05) is 19.7 Å². The number of aromatic nitrogens is 2. The average molecular weight is 464 g/mol. The zero-order valence-corrected chi connectivity index (χ0v) is 20.0.